The zero-order valence-corrected chi connectivity index (χ0v) is 46.1. The van der Waals surface area contributed by atoms with Gasteiger partial charge in [-0.1, -0.05) is 90.1 Å². The van der Waals surface area contributed by atoms with Gasteiger partial charge in [-0.05, 0) is 63.0 Å². The second-order valence-corrected chi connectivity index (χ2v) is 23.3. The quantitative estimate of drug-likeness (QED) is 0.0909. The number of amides is 2. The fourth-order valence-electron chi connectivity index (χ4n) is 13.0. The van der Waals surface area contributed by atoms with Crippen molar-refractivity contribution >= 4 is 40.0 Å². The molecule has 3 saturated heterocycles. The molecule has 10 rings (SSSR count). The summed E-state index contributed by atoms with van der Waals surface area (Å²) >= 11 is 0. The number of phenolic OH excluding ortho intramolecular Hbond substituents is 2. The average Bonchev–Trinajstić information content (AvgIpc) is 4.16. The number of ketones is 1. The molecule has 2 amide bonds. The first kappa shape index (κ1) is 55.6. The molecule has 0 radical (unpaired) electrons. The third-order valence-corrected chi connectivity index (χ3v) is 17.4. The number of benzene rings is 3. The standard InChI is InChI=1S/C60H77N5O12/c1-31(2)30-64-24-22-60(23-25-64)62-48-45-46-53(70)37(8)56-47(45)57(72)59(9,77-56)75-26-21-42(74-10)34(5)55(76-44(67)29-43(66)65-40-19-20-41(65)28-39(27-40)38-17-12-11-13-18-38)36(7)52(69)35(6)51(68)32(3)15-14-16-33(4)58(73)61-50(54(46)71)49(48)63-60/h11-18,21,26,31-32,34-36,39-42,51-52,55,68-71H,19-20,22-25,27-30H2,1-10H3,(H,61,73)/b15-14+,26-21+,33-16-/t32-,34+,35+,36+,39?,40?,41?,42-,51-,52+,55+,59?/m0/s1. The van der Waals surface area contributed by atoms with Crippen LogP contribution in [0.25, 0.3) is 10.8 Å². The number of allylic oxidation sites excluding steroid dienone is 2. The summed E-state index contributed by atoms with van der Waals surface area (Å²) in [6.07, 6.45) is 7.30. The lowest BCUT2D eigenvalue weighted by Gasteiger charge is -2.40. The number of nitrogens with one attached hydrogen (secondary N) is 1. The number of anilines is 1. The lowest BCUT2D eigenvalue weighted by Crippen LogP contribution is -2.48. The predicted octanol–water partition coefficient (Wildman–Crippen LogP) is 7.06. The first-order valence-corrected chi connectivity index (χ1v) is 27.5. The number of ether oxygens (including phenoxy) is 4. The number of esters is 1. The summed E-state index contributed by atoms with van der Waals surface area (Å²) in [5.74, 6) is -7.27. The van der Waals surface area contributed by atoms with E-state index in [2.05, 4.69) is 36.2 Å². The molecule has 414 valence electrons. The number of rotatable bonds is 7. The van der Waals surface area contributed by atoms with Gasteiger partial charge in [-0.3, -0.25) is 29.2 Å². The zero-order chi connectivity index (χ0) is 55.4. The van der Waals surface area contributed by atoms with E-state index in [1.54, 1.807) is 65.8 Å². The van der Waals surface area contributed by atoms with Crippen LogP contribution in [0.5, 0.6) is 17.2 Å². The van der Waals surface area contributed by atoms with Crippen LogP contribution in [0, 0.1) is 36.5 Å². The van der Waals surface area contributed by atoms with E-state index in [1.807, 2.05) is 23.1 Å². The van der Waals surface area contributed by atoms with Crippen LogP contribution in [0.1, 0.15) is 128 Å². The molecule has 7 aliphatic rings. The maximum absolute atomic E-state index is 15.0. The second-order valence-electron chi connectivity index (χ2n) is 23.3. The Bertz CT molecular complexity index is 3010. The average molecular weight is 1060 g/mol. The molecule has 7 heterocycles. The summed E-state index contributed by atoms with van der Waals surface area (Å²) in [5.41, 5.74) is 0.570. The SMILES string of the molecule is CO[C@H]1/C=C/OC2(C)Oc3c(C)c(O)c4c(O)c(c5c(c4c3C2=O)=NC2(CCN(CC(C)C)CC2)N=5)NC(=O)/C(C)=C\C=C\[C@H](C)[C@H](O)[C@@H](C)[C@@H](O)[C@@H](C)[C@H](OC(=O)CC(=O)N2C3CCC2CC(c2ccccc2)C3)[C@@H]1C. The van der Waals surface area contributed by atoms with Crippen LogP contribution in [-0.2, 0) is 28.6 Å². The molecule has 3 unspecified atom stereocenters. The number of hydrogen-bond donors (Lipinski definition) is 5. The Kier molecular flexibility index (Phi) is 15.8. The smallest absolute Gasteiger partial charge is 0.315 e. The zero-order valence-electron chi connectivity index (χ0n) is 46.1. The van der Waals surface area contributed by atoms with Gasteiger partial charge in [0, 0.05) is 98.8 Å². The van der Waals surface area contributed by atoms with E-state index < -0.39 is 89.4 Å². The normalized spacial score (nSPS) is 32.9. The van der Waals surface area contributed by atoms with Gasteiger partial charge in [-0.25, -0.2) is 0 Å². The van der Waals surface area contributed by atoms with Crippen molar-refractivity contribution in [3.8, 4) is 17.2 Å². The van der Waals surface area contributed by atoms with Crippen LogP contribution in [0.4, 0.5) is 5.69 Å². The van der Waals surface area contributed by atoms with Gasteiger partial charge in [0.2, 0.25) is 5.91 Å². The third kappa shape index (κ3) is 10.5. The fourth-order valence-corrected chi connectivity index (χ4v) is 13.0. The van der Waals surface area contributed by atoms with Crippen LogP contribution >= 0.6 is 0 Å². The van der Waals surface area contributed by atoms with Gasteiger partial charge in [0.15, 0.2) is 11.4 Å². The highest BCUT2D eigenvalue weighted by molar-refractivity contribution is 6.19. The molecule has 1 spiro atoms. The van der Waals surface area contributed by atoms with E-state index in [4.69, 9.17) is 28.9 Å². The van der Waals surface area contributed by atoms with Crippen molar-refractivity contribution in [3.63, 3.8) is 0 Å². The summed E-state index contributed by atoms with van der Waals surface area (Å²) in [7, 11) is 1.46. The summed E-state index contributed by atoms with van der Waals surface area (Å²) in [4.78, 5) is 71.9. The number of piperidine rings is 2. The molecule has 5 N–H and O–H groups in total. The minimum absolute atomic E-state index is 0.00405. The molecule has 17 heteroatoms. The number of aromatic hydroxyl groups is 2. The van der Waals surface area contributed by atoms with E-state index in [1.165, 1.54) is 25.9 Å². The number of aliphatic hydroxyl groups excluding tert-OH is 2. The maximum Gasteiger partial charge on any atom is 0.315 e. The van der Waals surface area contributed by atoms with Gasteiger partial charge >= 0.3 is 11.8 Å². The number of hydrogen-bond acceptors (Lipinski definition) is 15. The van der Waals surface area contributed by atoms with Crippen LogP contribution < -0.4 is 20.8 Å². The Balaban J connectivity index is 1.06. The van der Waals surface area contributed by atoms with E-state index in [9.17, 15) is 34.8 Å². The van der Waals surface area contributed by atoms with Crippen molar-refractivity contribution in [1.82, 2.24) is 9.80 Å². The lowest BCUT2D eigenvalue weighted by atomic mass is 9.78. The molecular weight excluding hydrogens is 983 g/mol. The second kappa shape index (κ2) is 21.9. The number of methoxy groups -OCH3 is 1. The first-order valence-electron chi connectivity index (χ1n) is 27.5. The molecule has 0 aromatic heterocycles. The van der Waals surface area contributed by atoms with Gasteiger partial charge in [0.1, 0.15) is 35.1 Å². The van der Waals surface area contributed by atoms with Gasteiger partial charge in [0.05, 0.1) is 40.9 Å². The minimum Gasteiger partial charge on any atom is -0.507 e. The molecule has 17 nitrogen and oxygen atoms in total. The number of likely N-dealkylation sites (tertiary alicyclic amines) is 1. The predicted molar refractivity (Wildman–Crippen MR) is 289 cm³/mol. The largest absolute Gasteiger partial charge is 0.507 e. The van der Waals surface area contributed by atoms with Gasteiger partial charge in [-0.15, -0.1) is 0 Å². The van der Waals surface area contributed by atoms with Gasteiger partial charge in [0.25, 0.3) is 11.7 Å². The van der Waals surface area contributed by atoms with Gasteiger partial charge in [-0.2, -0.15) is 0 Å². The third-order valence-electron chi connectivity index (χ3n) is 17.4. The number of carbonyl (C=O) groups is 4. The molecule has 0 saturated carbocycles. The van der Waals surface area contributed by atoms with Crippen molar-refractivity contribution in [2.75, 3.05) is 32.1 Å². The molecule has 0 aliphatic carbocycles. The number of nitrogens with zero attached hydrogens (tertiary/aromatic N) is 4. The van der Waals surface area contributed by atoms with E-state index in [-0.39, 0.29) is 73.4 Å². The number of fused-ring (bicyclic) bond motifs is 15. The van der Waals surface area contributed by atoms with Gasteiger partial charge < -0.3 is 54.5 Å². The molecular formula is C60H77N5O12. The summed E-state index contributed by atoms with van der Waals surface area (Å²) in [5, 5.41) is 51.3. The number of carbonyl (C=O) groups excluding carboxylic acids is 4. The van der Waals surface area contributed by atoms with Crippen LogP contribution in [-0.4, -0.2) is 128 Å². The Morgan fingerprint density at radius 2 is 1.55 bits per heavy atom. The highest BCUT2D eigenvalue weighted by Crippen LogP contribution is 2.50. The number of Topliss-reactive ketones (excluding diaryl/α,β-unsaturated/α-hetero) is 1. The summed E-state index contributed by atoms with van der Waals surface area (Å²) in [6.45, 7) is 18.1. The maximum atomic E-state index is 15.0. The number of aliphatic hydroxyl groups is 2. The Morgan fingerprint density at radius 3 is 2.19 bits per heavy atom. The van der Waals surface area contributed by atoms with Crippen LogP contribution in [0.15, 0.2) is 76.5 Å². The first-order chi connectivity index (χ1) is 36.6. The Morgan fingerprint density at radius 1 is 0.883 bits per heavy atom. The number of phenols is 2. The highest BCUT2D eigenvalue weighted by Gasteiger charge is 2.51. The van der Waals surface area contributed by atoms with E-state index in [0.29, 0.717) is 37.8 Å². The molecule has 3 aromatic carbocycles. The molecule has 7 bridgehead atoms. The Labute approximate surface area is 450 Å². The molecule has 7 aliphatic heterocycles. The monoisotopic (exact) mass is 1060 g/mol. The summed E-state index contributed by atoms with van der Waals surface area (Å²) in [6, 6.07) is 10.3. The molecule has 11 atom stereocenters. The molecule has 3 aromatic rings. The van der Waals surface area contributed by atoms with Crippen LogP contribution in [0.3, 0.4) is 0 Å². The Hall–Kier alpha value is -6.14. The molecule has 77 heavy (non-hydrogen) atoms. The summed E-state index contributed by atoms with van der Waals surface area (Å²) < 4.78 is 24.9. The van der Waals surface area contributed by atoms with Crippen molar-refractivity contribution in [2.45, 2.75) is 161 Å². The minimum atomic E-state index is -2.02. The van der Waals surface area contributed by atoms with E-state index in [0.717, 1.165) is 32.2 Å². The lowest BCUT2D eigenvalue weighted by molar-refractivity contribution is -0.166. The molecule has 3 fully saturated rings. The van der Waals surface area contributed by atoms with Crippen molar-refractivity contribution < 1.29 is 58.6 Å². The fraction of sp³-hybridized carbons (Fsp3) is 0.567. The van der Waals surface area contributed by atoms with Crippen molar-refractivity contribution in [2.24, 2.45) is 39.6 Å². The van der Waals surface area contributed by atoms with Crippen molar-refractivity contribution in [3.05, 3.63) is 93.9 Å². The highest BCUT2D eigenvalue weighted by atomic mass is 16.7. The van der Waals surface area contributed by atoms with E-state index >= 15 is 4.79 Å². The topological polar surface area (TPSA) is 229 Å². The van der Waals surface area contributed by atoms with Crippen LogP contribution in [0.2, 0.25) is 0 Å². The van der Waals surface area contributed by atoms with Crippen molar-refractivity contribution in [1.29, 1.82) is 0 Å².